The lowest BCUT2D eigenvalue weighted by Gasteiger charge is -2.38. The molecule has 0 aromatic carbocycles. The van der Waals surface area contributed by atoms with Crippen LogP contribution in [0.25, 0.3) is 0 Å². The van der Waals surface area contributed by atoms with E-state index < -0.39 is 5.54 Å². The molecule has 0 saturated carbocycles. The van der Waals surface area contributed by atoms with Gasteiger partial charge in [0.25, 0.3) is 5.91 Å². The number of carbonyl (C=O) groups excluding carboxylic acids is 1. The number of likely N-dealkylation sites (tertiary alicyclic amines) is 1. The molecule has 6 heteroatoms. The monoisotopic (exact) mass is 339 g/mol. The molecule has 2 rings (SSSR count). The van der Waals surface area contributed by atoms with Gasteiger partial charge in [0.2, 0.25) is 0 Å². The Kier molecular flexibility index (Phi) is 5.63. The molecule has 1 aliphatic rings. The van der Waals surface area contributed by atoms with E-state index in [-0.39, 0.29) is 29.1 Å². The third-order valence-corrected chi connectivity index (χ3v) is 4.68. The highest BCUT2D eigenvalue weighted by atomic mass is 35.5. The van der Waals surface area contributed by atoms with Crippen molar-refractivity contribution in [1.29, 1.82) is 0 Å². The van der Waals surface area contributed by atoms with E-state index in [9.17, 15) is 9.90 Å². The van der Waals surface area contributed by atoms with Crippen molar-refractivity contribution in [3.05, 3.63) is 22.7 Å². The zero-order valence-electron chi connectivity index (χ0n) is 14.3. The average Bonchev–Trinajstić information content (AvgIpc) is 2.90. The Morgan fingerprint density at radius 3 is 2.70 bits per heavy atom. The lowest BCUT2D eigenvalue weighted by Crippen LogP contribution is -2.51. The summed E-state index contributed by atoms with van der Waals surface area (Å²) in [5, 5.41) is 10.3. The summed E-state index contributed by atoms with van der Waals surface area (Å²) in [6, 6.07) is 0. The molecule has 0 aliphatic carbocycles. The molecule has 0 radical (unpaired) electrons. The van der Waals surface area contributed by atoms with E-state index in [0.717, 1.165) is 19.3 Å². The summed E-state index contributed by atoms with van der Waals surface area (Å²) in [6.07, 6.45) is 3.97. The fourth-order valence-corrected chi connectivity index (χ4v) is 3.57. The van der Waals surface area contributed by atoms with Crippen LogP contribution in [0.5, 0.6) is 0 Å². The van der Waals surface area contributed by atoms with Gasteiger partial charge in [-0.2, -0.15) is 0 Å². The SMILES string of the molecule is CC(C)CC1(CO)CCCN1C(=O)c1nc(C(C)C)ncc1Cl. The minimum Gasteiger partial charge on any atom is -0.394 e. The Morgan fingerprint density at radius 2 is 2.13 bits per heavy atom. The van der Waals surface area contributed by atoms with E-state index in [2.05, 4.69) is 23.8 Å². The van der Waals surface area contributed by atoms with E-state index in [1.54, 1.807) is 4.90 Å². The summed E-state index contributed by atoms with van der Waals surface area (Å²) in [6.45, 7) is 8.76. The first-order chi connectivity index (χ1) is 10.8. The van der Waals surface area contributed by atoms with Crippen LogP contribution in [0.3, 0.4) is 0 Å². The van der Waals surface area contributed by atoms with Crippen LogP contribution in [0.4, 0.5) is 0 Å². The topological polar surface area (TPSA) is 66.3 Å². The summed E-state index contributed by atoms with van der Waals surface area (Å²) in [7, 11) is 0. The zero-order chi connectivity index (χ0) is 17.2. The van der Waals surface area contributed by atoms with Gasteiger partial charge >= 0.3 is 0 Å². The highest BCUT2D eigenvalue weighted by molar-refractivity contribution is 6.33. The normalized spacial score (nSPS) is 21.5. The van der Waals surface area contributed by atoms with E-state index in [1.165, 1.54) is 6.20 Å². The number of aliphatic hydroxyl groups is 1. The van der Waals surface area contributed by atoms with Crippen molar-refractivity contribution in [2.75, 3.05) is 13.2 Å². The molecule has 23 heavy (non-hydrogen) atoms. The lowest BCUT2D eigenvalue weighted by molar-refractivity contribution is 0.0327. The van der Waals surface area contributed by atoms with Gasteiger partial charge in [-0.05, 0) is 25.2 Å². The molecule has 128 valence electrons. The minimum atomic E-state index is -0.502. The Bertz CT molecular complexity index is 577. The summed E-state index contributed by atoms with van der Waals surface area (Å²) in [5.74, 6) is 0.917. The number of hydrogen-bond donors (Lipinski definition) is 1. The Labute approximate surface area is 143 Å². The van der Waals surface area contributed by atoms with Crippen molar-refractivity contribution in [3.8, 4) is 0 Å². The molecule has 0 bridgehead atoms. The molecule has 0 spiro atoms. The van der Waals surface area contributed by atoms with Gasteiger partial charge in [-0.1, -0.05) is 39.3 Å². The highest BCUT2D eigenvalue weighted by Crippen LogP contribution is 2.36. The third-order valence-electron chi connectivity index (χ3n) is 4.41. The van der Waals surface area contributed by atoms with Crippen molar-refractivity contribution in [2.24, 2.45) is 5.92 Å². The number of aromatic nitrogens is 2. The third kappa shape index (κ3) is 3.66. The van der Waals surface area contributed by atoms with Crippen LogP contribution in [0.1, 0.15) is 69.2 Å². The van der Waals surface area contributed by atoms with E-state index >= 15 is 0 Å². The first-order valence-electron chi connectivity index (χ1n) is 8.26. The molecule has 1 aromatic rings. The molecular formula is C17H26ClN3O2. The number of hydrogen-bond acceptors (Lipinski definition) is 4. The van der Waals surface area contributed by atoms with E-state index in [0.29, 0.717) is 18.3 Å². The molecule has 1 saturated heterocycles. The molecular weight excluding hydrogens is 314 g/mol. The van der Waals surface area contributed by atoms with Crippen LogP contribution in [0.15, 0.2) is 6.20 Å². The predicted octanol–water partition coefficient (Wildman–Crippen LogP) is 3.27. The summed E-state index contributed by atoms with van der Waals surface area (Å²) in [5.41, 5.74) is -0.258. The molecule has 1 unspecified atom stereocenters. The maximum absolute atomic E-state index is 13.0. The van der Waals surface area contributed by atoms with Crippen LogP contribution >= 0.6 is 11.6 Å². The largest absolute Gasteiger partial charge is 0.394 e. The van der Waals surface area contributed by atoms with Gasteiger partial charge in [0.15, 0.2) is 5.69 Å². The van der Waals surface area contributed by atoms with Crippen LogP contribution in [0, 0.1) is 5.92 Å². The van der Waals surface area contributed by atoms with Gasteiger partial charge < -0.3 is 10.0 Å². The van der Waals surface area contributed by atoms with Crippen molar-refractivity contribution >= 4 is 17.5 Å². The number of carbonyl (C=O) groups is 1. The van der Waals surface area contributed by atoms with Gasteiger partial charge in [-0.15, -0.1) is 0 Å². The number of halogens is 1. The number of aliphatic hydroxyl groups excluding tert-OH is 1. The zero-order valence-corrected chi connectivity index (χ0v) is 15.1. The number of amides is 1. The fraction of sp³-hybridized carbons (Fsp3) is 0.706. The number of rotatable bonds is 5. The van der Waals surface area contributed by atoms with Crippen molar-refractivity contribution < 1.29 is 9.90 Å². The van der Waals surface area contributed by atoms with Crippen LogP contribution in [-0.2, 0) is 0 Å². The second kappa shape index (κ2) is 7.14. The standard InChI is InChI=1S/C17H26ClN3O2/c1-11(2)8-17(10-22)6-5-7-21(17)16(23)14-13(18)9-19-15(20-14)12(3)4/h9,11-12,22H,5-8,10H2,1-4H3. The van der Waals surface area contributed by atoms with E-state index in [1.807, 2.05) is 13.8 Å². The Morgan fingerprint density at radius 1 is 1.43 bits per heavy atom. The first kappa shape index (κ1) is 18.1. The summed E-state index contributed by atoms with van der Waals surface area (Å²) in [4.78, 5) is 23.4. The number of nitrogens with zero attached hydrogens (tertiary/aromatic N) is 3. The van der Waals surface area contributed by atoms with Crippen LogP contribution in [0.2, 0.25) is 5.02 Å². The molecule has 1 N–H and O–H groups in total. The van der Waals surface area contributed by atoms with Crippen LogP contribution < -0.4 is 0 Å². The van der Waals surface area contributed by atoms with E-state index in [4.69, 9.17) is 11.6 Å². The molecule has 2 heterocycles. The lowest BCUT2D eigenvalue weighted by atomic mass is 9.87. The molecule has 1 aliphatic heterocycles. The van der Waals surface area contributed by atoms with Gasteiger partial charge in [0.05, 0.1) is 23.4 Å². The maximum Gasteiger partial charge on any atom is 0.274 e. The average molecular weight is 340 g/mol. The minimum absolute atomic E-state index is 0.0311. The summed E-state index contributed by atoms with van der Waals surface area (Å²) < 4.78 is 0. The quantitative estimate of drug-likeness (QED) is 0.894. The predicted molar refractivity (Wildman–Crippen MR) is 90.7 cm³/mol. The van der Waals surface area contributed by atoms with Crippen molar-refractivity contribution in [2.45, 2.75) is 58.4 Å². The summed E-state index contributed by atoms with van der Waals surface area (Å²) >= 11 is 6.18. The molecule has 5 nitrogen and oxygen atoms in total. The molecule has 1 atom stereocenters. The highest BCUT2D eigenvalue weighted by Gasteiger charge is 2.44. The van der Waals surface area contributed by atoms with Gasteiger partial charge in [0, 0.05) is 12.5 Å². The second-order valence-electron chi connectivity index (χ2n) is 7.12. The first-order valence-corrected chi connectivity index (χ1v) is 8.64. The van der Waals surface area contributed by atoms with Crippen LogP contribution in [-0.4, -0.2) is 44.6 Å². The van der Waals surface area contributed by atoms with Gasteiger partial charge in [0.1, 0.15) is 5.82 Å². The van der Waals surface area contributed by atoms with Gasteiger partial charge in [-0.3, -0.25) is 4.79 Å². The Balaban J connectivity index is 2.37. The molecule has 1 amide bonds. The molecule has 1 aromatic heterocycles. The smallest absolute Gasteiger partial charge is 0.274 e. The van der Waals surface area contributed by atoms with Crippen molar-refractivity contribution in [1.82, 2.24) is 14.9 Å². The van der Waals surface area contributed by atoms with Gasteiger partial charge in [-0.25, -0.2) is 9.97 Å². The second-order valence-corrected chi connectivity index (χ2v) is 7.53. The maximum atomic E-state index is 13.0. The Hall–Kier alpha value is -1.20. The molecule has 1 fully saturated rings. The fourth-order valence-electron chi connectivity index (χ4n) is 3.39. The van der Waals surface area contributed by atoms with Crippen molar-refractivity contribution in [3.63, 3.8) is 0 Å².